The van der Waals surface area contributed by atoms with Crippen LogP contribution in [0.3, 0.4) is 0 Å². The lowest BCUT2D eigenvalue weighted by Gasteiger charge is -2.22. The number of aromatic amines is 1. The van der Waals surface area contributed by atoms with Crippen molar-refractivity contribution < 1.29 is 9.59 Å². The van der Waals surface area contributed by atoms with E-state index >= 15 is 0 Å². The molecule has 146 valence electrons. The second-order valence-corrected chi connectivity index (χ2v) is 6.61. The highest BCUT2D eigenvalue weighted by Crippen LogP contribution is 2.12. The molecule has 2 heterocycles. The van der Waals surface area contributed by atoms with E-state index in [1.54, 1.807) is 18.2 Å². The summed E-state index contributed by atoms with van der Waals surface area (Å²) in [5, 5.41) is 9.12. The van der Waals surface area contributed by atoms with Gasteiger partial charge in [-0.05, 0) is 50.4 Å². The van der Waals surface area contributed by atoms with Gasteiger partial charge in [0.15, 0.2) is 0 Å². The Balaban J connectivity index is 0.00000261. The van der Waals surface area contributed by atoms with Crippen LogP contribution in [0.2, 0.25) is 0 Å². The van der Waals surface area contributed by atoms with E-state index in [1.807, 2.05) is 6.07 Å². The van der Waals surface area contributed by atoms with Crippen LogP contribution >= 0.6 is 12.4 Å². The second kappa shape index (κ2) is 10.1. The molecule has 1 atom stereocenters. The fourth-order valence-corrected chi connectivity index (χ4v) is 3.24. The van der Waals surface area contributed by atoms with Crippen LogP contribution in [0.15, 0.2) is 35.3 Å². The first kappa shape index (κ1) is 20.9. The summed E-state index contributed by atoms with van der Waals surface area (Å²) in [6.07, 6.45) is 4.67. The normalized spacial score (nSPS) is 16.4. The number of para-hydroxylation sites is 1. The van der Waals surface area contributed by atoms with E-state index in [-0.39, 0.29) is 35.9 Å². The molecular formula is C19H25ClN4O3. The van der Waals surface area contributed by atoms with Gasteiger partial charge in [0.05, 0.1) is 6.54 Å². The van der Waals surface area contributed by atoms with E-state index in [2.05, 4.69) is 20.9 Å². The topological polar surface area (TPSA) is 103 Å². The minimum absolute atomic E-state index is 0. The van der Waals surface area contributed by atoms with Crippen molar-refractivity contribution in [3.63, 3.8) is 0 Å². The molecule has 1 aliphatic rings. The average molecular weight is 393 g/mol. The minimum Gasteiger partial charge on any atom is -0.360 e. The third kappa shape index (κ3) is 5.55. The lowest BCUT2D eigenvalue weighted by atomic mass is 9.96. The third-order valence-electron chi connectivity index (χ3n) is 4.72. The number of hydrogen-bond donors (Lipinski definition) is 4. The molecule has 1 aromatic heterocycles. The van der Waals surface area contributed by atoms with Gasteiger partial charge in [0.2, 0.25) is 11.3 Å². The summed E-state index contributed by atoms with van der Waals surface area (Å²) < 4.78 is 0. The molecule has 7 nitrogen and oxygen atoms in total. The van der Waals surface area contributed by atoms with Gasteiger partial charge in [-0.2, -0.15) is 0 Å². The SMILES string of the molecule is Cl.O=C(CNC(=O)c1c[nH]c2ccccc2c1=O)NCCC1CCCNC1. The summed E-state index contributed by atoms with van der Waals surface area (Å²) in [6, 6.07) is 6.99. The van der Waals surface area contributed by atoms with E-state index < -0.39 is 5.91 Å². The van der Waals surface area contributed by atoms with E-state index in [0.29, 0.717) is 23.4 Å². The van der Waals surface area contributed by atoms with Crippen molar-refractivity contribution in [2.45, 2.75) is 19.3 Å². The Hall–Kier alpha value is -2.38. The van der Waals surface area contributed by atoms with Gasteiger partial charge in [-0.15, -0.1) is 12.4 Å². The Morgan fingerprint density at radius 2 is 2.00 bits per heavy atom. The van der Waals surface area contributed by atoms with E-state index in [0.717, 1.165) is 19.5 Å². The molecule has 2 aromatic rings. The quantitative estimate of drug-likeness (QED) is 0.592. The van der Waals surface area contributed by atoms with Crippen LogP contribution in [0.25, 0.3) is 10.9 Å². The summed E-state index contributed by atoms with van der Waals surface area (Å²) in [7, 11) is 0. The molecule has 8 heteroatoms. The monoisotopic (exact) mass is 392 g/mol. The van der Waals surface area contributed by atoms with Crippen molar-refractivity contribution in [2.24, 2.45) is 5.92 Å². The number of aromatic nitrogens is 1. The molecule has 4 N–H and O–H groups in total. The van der Waals surface area contributed by atoms with Gasteiger partial charge in [0.1, 0.15) is 5.56 Å². The third-order valence-corrected chi connectivity index (χ3v) is 4.72. The number of H-pyrrole nitrogens is 1. The Bertz CT molecular complexity index is 846. The standard InChI is InChI=1S/C19H24N4O3.ClH/c24-17(21-9-7-13-4-3-8-20-10-13)12-23-19(26)15-11-22-16-6-2-1-5-14(16)18(15)25;/h1-2,5-6,11,13,20H,3-4,7-10,12H2,(H,21,24)(H,22,25)(H,23,26);1H. The Morgan fingerprint density at radius 3 is 2.78 bits per heavy atom. The van der Waals surface area contributed by atoms with Crippen LogP contribution in [0.1, 0.15) is 29.6 Å². The largest absolute Gasteiger partial charge is 0.360 e. The number of hydrogen-bond acceptors (Lipinski definition) is 4. The number of piperidine rings is 1. The maximum atomic E-state index is 12.4. The average Bonchev–Trinajstić information content (AvgIpc) is 2.67. The lowest BCUT2D eigenvalue weighted by molar-refractivity contribution is -0.120. The molecule has 1 saturated heterocycles. The van der Waals surface area contributed by atoms with Gasteiger partial charge in [0.25, 0.3) is 5.91 Å². The predicted molar refractivity (Wildman–Crippen MR) is 107 cm³/mol. The molecule has 0 saturated carbocycles. The van der Waals surface area contributed by atoms with E-state index in [1.165, 1.54) is 19.0 Å². The highest BCUT2D eigenvalue weighted by atomic mass is 35.5. The molecule has 1 aliphatic heterocycles. The van der Waals surface area contributed by atoms with Crippen LogP contribution in [-0.2, 0) is 4.79 Å². The zero-order valence-corrected chi connectivity index (χ0v) is 15.9. The first-order valence-electron chi connectivity index (χ1n) is 9.01. The van der Waals surface area contributed by atoms with Gasteiger partial charge in [0, 0.05) is 23.6 Å². The van der Waals surface area contributed by atoms with Crippen LogP contribution in [0.5, 0.6) is 0 Å². The van der Waals surface area contributed by atoms with Crippen LogP contribution in [-0.4, -0.2) is 43.0 Å². The number of benzene rings is 1. The van der Waals surface area contributed by atoms with Crippen molar-refractivity contribution >= 4 is 35.1 Å². The van der Waals surface area contributed by atoms with E-state index in [4.69, 9.17) is 0 Å². The second-order valence-electron chi connectivity index (χ2n) is 6.61. The van der Waals surface area contributed by atoms with Gasteiger partial charge < -0.3 is 20.9 Å². The first-order chi connectivity index (χ1) is 12.6. The molecule has 1 unspecified atom stereocenters. The number of carbonyl (C=O) groups is 2. The highest BCUT2D eigenvalue weighted by Gasteiger charge is 2.15. The molecule has 0 radical (unpaired) electrons. The molecular weight excluding hydrogens is 368 g/mol. The van der Waals surface area contributed by atoms with Gasteiger partial charge in [-0.1, -0.05) is 12.1 Å². The summed E-state index contributed by atoms with van der Waals surface area (Å²) >= 11 is 0. The van der Waals surface area contributed by atoms with Crippen molar-refractivity contribution in [3.05, 3.63) is 46.2 Å². The number of fused-ring (bicyclic) bond motifs is 1. The molecule has 0 bridgehead atoms. The molecule has 0 spiro atoms. The molecule has 2 amide bonds. The van der Waals surface area contributed by atoms with E-state index in [9.17, 15) is 14.4 Å². The first-order valence-corrected chi connectivity index (χ1v) is 9.01. The van der Waals surface area contributed by atoms with Crippen molar-refractivity contribution in [3.8, 4) is 0 Å². The summed E-state index contributed by atoms with van der Waals surface area (Å²) in [5.74, 6) is -0.210. The lowest BCUT2D eigenvalue weighted by Crippen LogP contribution is -2.39. The Kier molecular flexibility index (Phi) is 7.82. The van der Waals surface area contributed by atoms with Crippen molar-refractivity contribution in [2.75, 3.05) is 26.2 Å². The fourth-order valence-electron chi connectivity index (χ4n) is 3.24. The zero-order valence-electron chi connectivity index (χ0n) is 15.0. The van der Waals surface area contributed by atoms with Gasteiger partial charge in [-0.25, -0.2) is 0 Å². The number of carbonyl (C=O) groups excluding carboxylic acids is 2. The molecule has 0 aliphatic carbocycles. The Morgan fingerprint density at radius 1 is 1.19 bits per heavy atom. The number of nitrogens with one attached hydrogen (secondary N) is 4. The van der Waals surface area contributed by atoms with Gasteiger partial charge >= 0.3 is 0 Å². The maximum Gasteiger partial charge on any atom is 0.257 e. The predicted octanol–water partition coefficient (Wildman–Crippen LogP) is 1.19. The zero-order chi connectivity index (χ0) is 18.4. The summed E-state index contributed by atoms with van der Waals surface area (Å²) in [6.45, 7) is 2.52. The fraction of sp³-hybridized carbons (Fsp3) is 0.421. The molecule has 3 rings (SSSR count). The smallest absolute Gasteiger partial charge is 0.257 e. The van der Waals surface area contributed by atoms with Crippen LogP contribution in [0, 0.1) is 5.92 Å². The maximum absolute atomic E-state index is 12.4. The molecule has 1 aromatic carbocycles. The van der Waals surface area contributed by atoms with Crippen molar-refractivity contribution in [1.29, 1.82) is 0 Å². The number of pyridine rings is 1. The van der Waals surface area contributed by atoms with Gasteiger partial charge in [-0.3, -0.25) is 14.4 Å². The summed E-state index contributed by atoms with van der Waals surface area (Å²) in [5.41, 5.74) is 0.329. The summed E-state index contributed by atoms with van der Waals surface area (Å²) in [4.78, 5) is 39.4. The number of amides is 2. The molecule has 1 fully saturated rings. The molecule has 27 heavy (non-hydrogen) atoms. The van der Waals surface area contributed by atoms with Crippen LogP contribution in [0.4, 0.5) is 0 Å². The van der Waals surface area contributed by atoms with Crippen molar-refractivity contribution in [1.82, 2.24) is 20.9 Å². The minimum atomic E-state index is -0.552. The number of halogens is 1. The highest BCUT2D eigenvalue weighted by molar-refractivity contribution is 5.98. The van der Waals surface area contributed by atoms with Crippen LogP contribution < -0.4 is 21.4 Å². The Labute approximate surface area is 163 Å². The number of rotatable bonds is 6.